The van der Waals surface area contributed by atoms with Crippen molar-refractivity contribution in [2.24, 2.45) is 0 Å². The second-order valence-electron chi connectivity index (χ2n) is 6.34. The van der Waals surface area contributed by atoms with Gasteiger partial charge in [-0.25, -0.2) is 0 Å². The molecule has 0 saturated heterocycles. The van der Waals surface area contributed by atoms with Crippen molar-refractivity contribution in [3.63, 3.8) is 0 Å². The molecule has 0 aliphatic rings. The average Bonchev–Trinajstić information content (AvgIpc) is 2.75. The van der Waals surface area contributed by atoms with E-state index in [1.807, 2.05) is 30.5 Å². The van der Waals surface area contributed by atoms with E-state index in [4.69, 9.17) is 4.74 Å². The van der Waals surface area contributed by atoms with Crippen molar-refractivity contribution >= 4 is 35.0 Å². The summed E-state index contributed by atoms with van der Waals surface area (Å²) in [5.41, 5.74) is 3.58. The fourth-order valence-corrected chi connectivity index (χ4v) is 3.23. The minimum atomic E-state index is -0.225. The number of methoxy groups -OCH3 is 1. The number of ether oxygens (including phenoxy) is 1. The molecule has 0 spiro atoms. The molecule has 0 aliphatic carbocycles. The zero-order valence-electron chi connectivity index (χ0n) is 16.3. The van der Waals surface area contributed by atoms with E-state index in [1.165, 1.54) is 5.56 Å². The van der Waals surface area contributed by atoms with Gasteiger partial charge >= 0.3 is 0 Å². The number of thioether (sulfide) groups is 1. The number of amides is 2. The van der Waals surface area contributed by atoms with Crippen LogP contribution in [0.25, 0.3) is 0 Å². The topological polar surface area (TPSA) is 67.4 Å². The third-order valence-corrected chi connectivity index (χ3v) is 4.90. The Kier molecular flexibility index (Phi) is 6.92. The minimum absolute atomic E-state index is 0.184. The predicted octanol–water partition coefficient (Wildman–Crippen LogP) is 5.06. The molecule has 2 amide bonds. The van der Waals surface area contributed by atoms with Crippen LogP contribution >= 0.6 is 11.8 Å². The van der Waals surface area contributed by atoms with E-state index in [9.17, 15) is 9.59 Å². The molecular formula is C23H22N2O3S. The molecule has 0 unspecified atom stereocenters. The number of anilines is 2. The van der Waals surface area contributed by atoms with Gasteiger partial charge in [0.25, 0.3) is 11.8 Å². The summed E-state index contributed by atoms with van der Waals surface area (Å²) >= 11 is 1.74. The lowest BCUT2D eigenvalue weighted by molar-refractivity contribution is 0.102. The van der Waals surface area contributed by atoms with Crippen LogP contribution in [-0.4, -0.2) is 25.2 Å². The summed E-state index contributed by atoms with van der Waals surface area (Å²) in [5, 5.41) is 5.68. The molecule has 0 radical (unpaired) electrons. The van der Waals surface area contributed by atoms with E-state index in [0.29, 0.717) is 22.5 Å². The Morgan fingerprint density at radius 3 is 1.66 bits per heavy atom. The molecule has 0 aromatic heterocycles. The monoisotopic (exact) mass is 406 g/mol. The second-order valence-corrected chi connectivity index (χ2v) is 7.21. The second kappa shape index (κ2) is 9.80. The Hall–Kier alpha value is -3.25. The zero-order chi connectivity index (χ0) is 20.6. The summed E-state index contributed by atoms with van der Waals surface area (Å²) in [6, 6.07) is 21.4. The molecule has 148 valence electrons. The minimum Gasteiger partial charge on any atom is -0.497 e. The van der Waals surface area contributed by atoms with Gasteiger partial charge in [0, 0.05) is 28.3 Å². The maximum atomic E-state index is 12.4. The van der Waals surface area contributed by atoms with Crippen LogP contribution in [0.2, 0.25) is 0 Å². The first-order chi connectivity index (χ1) is 14.1. The van der Waals surface area contributed by atoms with Gasteiger partial charge in [0.1, 0.15) is 5.75 Å². The van der Waals surface area contributed by atoms with Gasteiger partial charge in [0.15, 0.2) is 0 Å². The highest BCUT2D eigenvalue weighted by atomic mass is 32.2. The summed E-state index contributed by atoms with van der Waals surface area (Å²) in [6.07, 6.45) is 2.04. The SMILES string of the molecule is COc1ccc(NC(=O)c2ccc(NC(=O)c3ccc(CSC)cc3)cc2)cc1. The zero-order valence-corrected chi connectivity index (χ0v) is 17.1. The van der Waals surface area contributed by atoms with Crippen LogP contribution in [0.15, 0.2) is 72.8 Å². The number of benzene rings is 3. The van der Waals surface area contributed by atoms with Crippen molar-refractivity contribution in [1.29, 1.82) is 0 Å². The largest absolute Gasteiger partial charge is 0.497 e. The van der Waals surface area contributed by atoms with Crippen LogP contribution in [0.4, 0.5) is 11.4 Å². The molecule has 0 saturated carbocycles. The summed E-state index contributed by atoms with van der Waals surface area (Å²) < 4.78 is 5.10. The van der Waals surface area contributed by atoms with E-state index in [1.54, 1.807) is 67.4 Å². The number of carbonyl (C=O) groups is 2. The molecule has 5 nitrogen and oxygen atoms in total. The number of rotatable bonds is 7. The van der Waals surface area contributed by atoms with Gasteiger partial charge in [-0.1, -0.05) is 12.1 Å². The fourth-order valence-electron chi connectivity index (χ4n) is 2.70. The Bertz CT molecular complexity index is 969. The van der Waals surface area contributed by atoms with Crippen LogP contribution in [0.1, 0.15) is 26.3 Å². The molecular weight excluding hydrogens is 384 g/mol. The predicted molar refractivity (Wildman–Crippen MR) is 119 cm³/mol. The molecule has 0 heterocycles. The first-order valence-corrected chi connectivity index (χ1v) is 10.4. The molecule has 29 heavy (non-hydrogen) atoms. The third-order valence-electron chi connectivity index (χ3n) is 4.28. The maximum Gasteiger partial charge on any atom is 0.255 e. The van der Waals surface area contributed by atoms with Crippen molar-refractivity contribution in [2.45, 2.75) is 5.75 Å². The smallest absolute Gasteiger partial charge is 0.255 e. The number of hydrogen-bond donors (Lipinski definition) is 2. The molecule has 3 aromatic rings. The summed E-state index contributed by atoms with van der Waals surface area (Å²) in [5.74, 6) is 1.23. The van der Waals surface area contributed by atoms with E-state index in [2.05, 4.69) is 10.6 Å². The van der Waals surface area contributed by atoms with Crippen LogP contribution in [0.3, 0.4) is 0 Å². The summed E-state index contributed by atoms with van der Waals surface area (Å²) in [7, 11) is 1.59. The molecule has 3 aromatic carbocycles. The van der Waals surface area contributed by atoms with Crippen molar-refractivity contribution < 1.29 is 14.3 Å². The van der Waals surface area contributed by atoms with Crippen molar-refractivity contribution in [2.75, 3.05) is 24.0 Å². The van der Waals surface area contributed by atoms with Crippen molar-refractivity contribution in [1.82, 2.24) is 0 Å². The lowest BCUT2D eigenvalue weighted by atomic mass is 10.1. The molecule has 0 fully saturated rings. The molecule has 6 heteroatoms. The van der Waals surface area contributed by atoms with Gasteiger partial charge in [-0.3, -0.25) is 9.59 Å². The first-order valence-electron chi connectivity index (χ1n) is 9.04. The molecule has 2 N–H and O–H groups in total. The third kappa shape index (κ3) is 5.62. The lowest BCUT2D eigenvalue weighted by Crippen LogP contribution is -2.13. The summed E-state index contributed by atoms with van der Waals surface area (Å²) in [6.45, 7) is 0. The van der Waals surface area contributed by atoms with Crippen molar-refractivity contribution in [3.05, 3.63) is 89.5 Å². The Morgan fingerprint density at radius 1 is 0.759 bits per heavy atom. The van der Waals surface area contributed by atoms with E-state index < -0.39 is 0 Å². The number of carbonyl (C=O) groups excluding carboxylic acids is 2. The van der Waals surface area contributed by atoms with Gasteiger partial charge in [0.2, 0.25) is 0 Å². The normalized spacial score (nSPS) is 10.3. The standard InChI is InChI=1S/C23H22N2O3S/c1-28-21-13-11-20(12-14-21)25-23(27)18-7-9-19(10-8-18)24-22(26)17-5-3-16(4-6-17)15-29-2/h3-14H,15H2,1-2H3,(H,24,26)(H,25,27). The quantitative estimate of drug-likeness (QED) is 0.575. The molecule has 0 bridgehead atoms. The molecule has 0 atom stereocenters. The maximum absolute atomic E-state index is 12.4. The summed E-state index contributed by atoms with van der Waals surface area (Å²) in [4.78, 5) is 24.8. The highest BCUT2D eigenvalue weighted by molar-refractivity contribution is 7.97. The van der Waals surface area contributed by atoms with E-state index >= 15 is 0 Å². The Labute approximate surface area is 174 Å². The van der Waals surface area contributed by atoms with E-state index in [0.717, 1.165) is 11.5 Å². The van der Waals surface area contributed by atoms with Gasteiger partial charge in [-0.15, -0.1) is 0 Å². The highest BCUT2D eigenvalue weighted by Gasteiger charge is 2.09. The number of hydrogen-bond acceptors (Lipinski definition) is 4. The molecule has 0 aliphatic heterocycles. The van der Waals surface area contributed by atoms with Crippen LogP contribution in [0.5, 0.6) is 5.75 Å². The first kappa shape index (κ1) is 20.5. The number of nitrogens with one attached hydrogen (secondary N) is 2. The Balaban J connectivity index is 1.60. The average molecular weight is 407 g/mol. The van der Waals surface area contributed by atoms with Crippen molar-refractivity contribution in [3.8, 4) is 5.75 Å². The Morgan fingerprint density at radius 2 is 1.21 bits per heavy atom. The fraction of sp³-hybridized carbons (Fsp3) is 0.130. The van der Waals surface area contributed by atoms with Gasteiger partial charge < -0.3 is 15.4 Å². The van der Waals surface area contributed by atoms with Crippen LogP contribution in [0, 0.1) is 0 Å². The van der Waals surface area contributed by atoms with Crippen LogP contribution in [-0.2, 0) is 5.75 Å². The highest BCUT2D eigenvalue weighted by Crippen LogP contribution is 2.17. The van der Waals surface area contributed by atoms with Crippen LogP contribution < -0.4 is 15.4 Å². The van der Waals surface area contributed by atoms with Gasteiger partial charge in [0.05, 0.1) is 7.11 Å². The van der Waals surface area contributed by atoms with E-state index in [-0.39, 0.29) is 11.8 Å². The lowest BCUT2D eigenvalue weighted by Gasteiger charge is -2.09. The van der Waals surface area contributed by atoms with Gasteiger partial charge in [-0.05, 0) is 72.5 Å². The van der Waals surface area contributed by atoms with Gasteiger partial charge in [-0.2, -0.15) is 11.8 Å². The molecule has 3 rings (SSSR count).